The number of rotatable bonds is 4. The molecule has 0 saturated heterocycles. The van der Waals surface area contributed by atoms with Crippen molar-refractivity contribution < 1.29 is 22.7 Å². The van der Waals surface area contributed by atoms with Gasteiger partial charge in [0.25, 0.3) is 6.02 Å². The minimum atomic E-state index is -3.59. The van der Waals surface area contributed by atoms with Gasteiger partial charge in [-0.3, -0.25) is 14.8 Å². The monoisotopic (exact) mass is 423 g/mol. The quantitative estimate of drug-likeness (QED) is 0.756. The Morgan fingerprint density at radius 1 is 1.45 bits per heavy atom. The minimum Gasteiger partial charge on any atom is -0.459 e. The van der Waals surface area contributed by atoms with E-state index in [1.807, 2.05) is 6.07 Å². The maximum atomic E-state index is 14.5. The average Bonchev–Trinajstić information content (AvgIpc) is 2.66. The second-order valence-electron chi connectivity index (χ2n) is 6.41. The van der Waals surface area contributed by atoms with E-state index in [2.05, 4.69) is 19.7 Å². The van der Waals surface area contributed by atoms with E-state index < -0.39 is 41.4 Å². The van der Waals surface area contributed by atoms with Crippen LogP contribution in [0.3, 0.4) is 0 Å². The number of hydrogen-bond donors (Lipinski definition) is 1. The van der Waals surface area contributed by atoms with Crippen LogP contribution in [0.1, 0.15) is 34.4 Å². The molecule has 0 saturated carbocycles. The summed E-state index contributed by atoms with van der Waals surface area (Å²) in [5, 5.41) is 8.78. The molecule has 11 heteroatoms. The lowest BCUT2D eigenvalue weighted by Crippen LogP contribution is -2.51. The second kappa shape index (κ2) is 7.33. The van der Waals surface area contributed by atoms with Crippen molar-refractivity contribution in [1.82, 2.24) is 9.97 Å². The molecule has 29 heavy (non-hydrogen) atoms. The van der Waals surface area contributed by atoms with Gasteiger partial charge in [-0.05, 0) is 25.1 Å². The highest BCUT2D eigenvalue weighted by molar-refractivity contribution is 6.33. The zero-order valence-electron chi connectivity index (χ0n) is 14.9. The van der Waals surface area contributed by atoms with Crippen LogP contribution in [0, 0.1) is 17.1 Å². The minimum absolute atomic E-state index is 0.00548. The number of ketones is 1. The zero-order chi connectivity index (χ0) is 21.4. The van der Waals surface area contributed by atoms with Crippen LogP contribution in [-0.2, 0) is 16.7 Å². The Hall–Kier alpha value is -3.19. The summed E-state index contributed by atoms with van der Waals surface area (Å²) in [6, 6.07) is 4.69. The number of nitriles is 1. The van der Waals surface area contributed by atoms with Gasteiger partial charge in [-0.15, -0.1) is 0 Å². The lowest BCUT2D eigenvalue weighted by molar-refractivity contribution is -0.118. The van der Waals surface area contributed by atoms with Crippen molar-refractivity contribution in [3.63, 3.8) is 0 Å². The van der Waals surface area contributed by atoms with Crippen molar-refractivity contribution in [2.24, 2.45) is 10.7 Å². The predicted molar refractivity (Wildman–Crippen MR) is 96.1 cm³/mol. The van der Waals surface area contributed by atoms with E-state index in [-0.39, 0.29) is 28.4 Å². The smallest absolute Gasteiger partial charge is 0.311 e. The first kappa shape index (κ1) is 20.5. The van der Waals surface area contributed by atoms with E-state index in [0.717, 1.165) is 13.0 Å². The summed E-state index contributed by atoms with van der Waals surface area (Å²) in [5.41, 5.74) is 2.36. The van der Waals surface area contributed by atoms with E-state index in [0.29, 0.717) is 0 Å². The largest absolute Gasteiger partial charge is 0.459 e. The molecule has 3 heterocycles. The van der Waals surface area contributed by atoms with Gasteiger partial charge in [-0.2, -0.15) is 14.0 Å². The Balaban J connectivity index is 1.97. The van der Waals surface area contributed by atoms with Gasteiger partial charge in [0.1, 0.15) is 23.3 Å². The standard InChI is InChI=1S/C18H13ClF3N5O2/c1-17(18(21,22)8-29-16(24)27-17)15-12(20)3-2-10(26-15)5-13(28)14-11(19)4-9(6-23)7-25-14/h2-4,7H,5,8H2,1H3,(H2,24,27)/t17-/m1/s1. The SMILES string of the molecule is C[C@]1(c2nc(CC(=O)c3ncc(C#N)cc3Cl)ccc2F)N=C(N)OCC1(F)F. The van der Waals surface area contributed by atoms with Crippen LogP contribution in [0.25, 0.3) is 0 Å². The number of Topliss-reactive ketones (excluding diaryl/α,β-unsaturated/α-hetero) is 1. The molecule has 0 spiro atoms. The summed E-state index contributed by atoms with van der Waals surface area (Å²) in [7, 11) is 0. The molecule has 2 aromatic heterocycles. The highest BCUT2D eigenvalue weighted by Crippen LogP contribution is 2.43. The lowest BCUT2D eigenvalue weighted by atomic mass is 9.88. The number of pyridine rings is 2. The number of aromatic nitrogens is 2. The van der Waals surface area contributed by atoms with Gasteiger partial charge in [-0.1, -0.05) is 11.6 Å². The van der Waals surface area contributed by atoms with Gasteiger partial charge in [-0.25, -0.2) is 9.38 Å². The third-order valence-corrected chi connectivity index (χ3v) is 4.68. The lowest BCUT2D eigenvalue weighted by Gasteiger charge is -2.36. The first-order chi connectivity index (χ1) is 13.6. The Morgan fingerprint density at radius 3 is 2.83 bits per heavy atom. The Labute approximate surface area is 168 Å². The summed E-state index contributed by atoms with van der Waals surface area (Å²) in [6.45, 7) is -0.105. The molecule has 2 N–H and O–H groups in total. The number of amidine groups is 1. The van der Waals surface area contributed by atoms with Crippen LogP contribution >= 0.6 is 11.6 Å². The van der Waals surface area contributed by atoms with Crippen LogP contribution in [0.4, 0.5) is 13.2 Å². The van der Waals surface area contributed by atoms with Crippen LogP contribution in [0.15, 0.2) is 29.4 Å². The predicted octanol–water partition coefficient (Wildman–Crippen LogP) is 2.76. The van der Waals surface area contributed by atoms with Crippen molar-refractivity contribution in [2.45, 2.75) is 24.8 Å². The summed E-state index contributed by atoms with van der Waals surface area (Å²) in [5.74, 6) is -5.21. The van der Waals surface area contributed by atoms with Crippen LogP contribution < -0.4 is 5.73 Å². The molecule has 0 radical (unpaired) electrons. The van der Waals surface area contributed by atoms with E-state index in [9.17, 15) is 18.0 Å². The molecule has 1 atom stereocenters. The number of nitrogens with two attached hydrogens (primary N) is 1. The van der Waals surface area contributed by atoms with Crippen molar-refractivity contribution in [1.29, 1.82) is 5.26 Å². The Kier molecular flexibility index (Phi) is 5.19. The van der Waals surface area contributed by atoms with Gasteiger partial charge in [0.2, 0.25) is 0 Å². The van der Waals surface area contributed by atoms with E-state index in [1.165, 1.54) is 18.3 Å². The number of carbonyl (C=O) groups is 1. The van der Waals surface area contributed by atoms with Gasteiger partial charge in [0.15, 0.2) is 17.9 Å². The number of carbonyl (C=O) groups excluding carboxylic acids is 1. The summed E-state index contributed by atoms with van der Waals surface area (Å²) in [4.78, 5) is 23.8. The third kappa shape index (κ3) is 3.73. The number of halogens is 4. The first-order valence-corrected chi connectivity index (χ1v) is 8.56. The zero-order valence-corrected chi connectivity index (χ0v) is 15.7. The Bertz CT molecular complexity index is 1070. The first-order valence-electron chi connectivity index (χ1n) is 8.18. The fraction of sp³-hybridized carbons (Fsp3) is 0.278. The highest BCUT2D eigenvalue weighted by Gasteiger charge is 2.57. The van der Waals surface area contributed by atoms with Crippen LogP contribution in [0.5, 0.6) is 0 Å². The second-order valence-corrected chi connectivity index (χ2v) is 6.82. The van der Waals surface area contributed by atoms with Gasteiger partial charge >= 0.3 is 5.92 Å². The van der Waals surface area contributed by atoms with E-state index >= 15 is 0 Å². The van der Waals surface area contributed by atoms with Crippen molar-refractivity contribution in [3.05, 3.63) is 57.9 Å². The van der Waals surface area contributed by atoms with Gasteiger partial charge in [0.05, 0.1) is 17.0 Å². The molecule has 0 fully saturated rings. The van der Waals surface area contributed by atoms with Crippen molar-refractivity contribution in [2.75, 3.05) is 6.61 Å². The van der Waals surface area contributed by atoms with Crippen LogP contribution in [0.2, 0.25) is 5.02 Å². The fourth-order valence-corrected chi connectivity index (χ4v) is 3.01. The highest BCUT2D eigenvalue weighted by atomic mass is 35.5. The number of aliphatic imine (C=N–C) groups is 1. The molecule has 0 aromatic carbocycles. The molecule has 1 aliphatic rings. The molecular weight excluding hydrogens is 411 g/mol. The topological polar surface area (TPSA) is 114 Å². The molecule has 0 aliphatic carbocycles. The maximum absolute atomic E-state index is 14.5. The third-order valence-electron chi connectivity index (χ3n) is 4.39. The molecule has 0 unspecified atom stereocenters. The number of nitrogens with zero attached hydrogens (tertiary/aromatic N) is 4. The fourth-order valence-electron chi connectivity index (χ4n) is 2.74. The molecule has 0 bridgehead atoms. The Morgan fingerprint density at radius 2 is 2.17 bits per heavy atom. The van der Waals surface area contributed by atoms with Crippen molar-refractivity contribution in [3.8, 4) is 6.07 Å². The van der Waals surface area contributed by atoms with Gasteiger partial charge in [0, 0.05) is 11.9 Å². The van der Waals surface area contributed by atoms with E-state index in [1.54, 1.807) is 0 Å². The summed E-state index contributed by atoms with van der Waals surface area (Å²) < 4.78 is 47.9. The molecular formula is C18H13ClF3N5O2. The molecule has 7 nitrogen and oxygen atoms in total. The maximum Gasteiger partial charge on any atom is 0.311 e. The van der Waals surface area contributed by atoms with Crippen LogP contribution in [-0.4, -0.2) is 34.3 Å². The molecule has 150 valence electrons. The summed E-state index contributed by atoms with van der Waals surface area (Å²) in [6.07, 6.45) is 0.785. The number of hydrogen-bond acceptors (Lipinski definition) is 7. The molecule has 2 aromatic rings. The summed E-state index contributed by atoms with van der Waals surface area (Å²) >= 11 is 5.96. The number of ether oxygens (including phenoxy) is 1. The van der Waals surface area contributed by atoms with Gasteiger partial charge < -0.3 is 10.5 Å². The van der Waals surface area contributed by atoms with Crippen molar-refractivity contribution >= 4 is 23.4 Å². The average molecular weight is 424 g/mol. The van der Waals surface area contributed by atoms with E-state index in [4.69, 9.17) is 22.6 Å². The normalized spacial score (nSPS) is 20.3. The molecule has 0 amide bonds. The number of alkyl halides is 2. The molecule has 1 aliphatic heterocycles. The molecule has 3 rings (SSSR count).